The van der Waals surface area contributed by atoms with Crippen molar-refractivity contribution in [2.75, 3.05) is 6.61 Å². The minimum absolute atomic E-state index is 0.214. The molecule has 1 aromatic rings. The summed E-state index contributed by atoms with van der Waals surface area (Å²) < 4.78 is 42.9. The second-order valence-corrected chi connectivity index (χ2v) is 5.12. The van der Waals surface area contributed by atoms with Crippen LogP contribution in [-0.2, 0) is 0 Å². The monoisotopic (exact) mass is 280 g/mol. The first-order valence-electron chi connectivity index (χ1n) is 5.63. The van der Waals surface area contributed by atoms with Crippen molar-refractivity contribution in [2.24, 2.45) is 0 Å². The topological polar surface area (TPSA) is 9.23 Å². The standard InChI is InChI=1S/C13H16ClF3O/c1-8(2)9-4-5-11(10(14)6-9)18-7-13(3,17)12(15)16/h4-6,8,12H,7H2,1-3H3. The minimum Gasteiger partial charge on any atom is -0.488 e. The van der Waals surface area contributed by atoms with E-state index in [2.05, 4.69) is 0 Å². The molecule has 0 amide bonds. The molecule has 0 aliphatic rings. The molecule has 0 saturated carbocycles. The maximum Gasteiger partial charge on any atom is 0.275 e. The predicted molar refractivity (Wildman–Crippen MR) is 66.6 cm³/mol. The lowest BCUT2D eigenvalue weighted by atomic mass is 10.0. The Morgan fingerprint density at radius 2 is 1.94 bits per heavy atom. The van der Waals surface area contributed by atoms with Crippen LogP contribution in [0.25, 0.3) is 0 Å². The molecule has 0 heterocycles. The minimum atomic E-state index is -3.09. The van der Waals surface area contributed by atoms with Gasteiger partial charge in [-0.2, -0.15) is 0 Å². The molecule has 0 bridgehead atoms. The van der Waals surface area contributed by atoms with Crippen molar-refractivity contribution < 1.29 is 17.9 Å². The lowest BCUT2D eigenvalue weighted by molar-refractivity contribution is -0.0482. The van der Waals surface area contributed by atoms with Crippen molar-refractivity contribution in [3.8, 4) is 5.75 Å². The maximum absolute atomic E-state index is 13.3. The highest BCUT2D eigenvalue weighted by atomic mass is 35.5. The Morgan fingerprint density at radius 3 is 2.39 bits per heavy atom. The van der Waals surface area contributed by atoms with Crippen molar-refractivity contribution in [2.45, 2.75) is 38.8 Å². The molecule has 0 N–H and O–H groups in total. The first kappa shape index (κ1) is 15.2. The largest absolute Gasteiger partial charge is 0.488 e. The van der Waals surface area contributed by atoms with Crippen LogP contribution in [0.4, 0.5) is 13.2 Å². The normalized spacial score (nSPS) is 14.9. The van der Waals surface area contributed by atoms with E-state index in [0.717, 1.165) is 12.5 Å². The summed E-state index contributed by atoms with van der Waals surface area (Å²) in [6, 6.07) is 5.04. The Kier molecular flexibility index (Phi) is 4.91. The summed E-state index contributed by atoms with van der Waals surface area (Å²) in [5.41, 5.74) is -1.68. The van der Waals surface area contributed by atoms with Crippen LogP contribution in [0.1, 0.15) is 32.3 Å². The van der Waals surface area contributed by atoms with E-state index in [4.69, 9.17) is 16.3 Å². The van der Waals surface area contributed by atoms with Crippen molar-refractivity contribution in [3.63, 3.8) is 0 Å². The van der Waals surface area contributed by atoms with Gasteiger partial charge >= 0.3 is 0 Å². The smallest absolute Gasteiger partial charge is 0.275 e. The molecule has 0 radical (unpaired) electrons. The Hall–Kier alpha value is -0.900. The zero-order valence-electron chi connectivity index (χ0n) is 10.5. The summed E-state index contributed by atoms with van der Waals surface area (Å²) in [6.07, 6.45) is -3.09. The Balaban J connectivity index is 2.75. The molecule has 18 heavy (non-hydrogen) atoms. The summed E-state index contributed by atoms with van der Waals surface area (Å²) in [7, 11) is 0. The molecular formula is C13H16ClF3O. The fourth-order valence-electron chi connectivity index (χ4n) is 1.28. The van der Waals surface area contributed by atoms with E-state index in [-0.39, 0.29) is 5.75 Å². The summed E-state index contributed by atoms with van der Waals surface area (Å²) in [4.78, 5) is 0. The molecule has 0 spiro atoms. The summed E-state index contributed by atoms with van der Waals surface area (Å²) in [5.74, 6) is 0.509. The van der Waals surface area contributed by atoms with Gasteiger partial charge < -0.3 is 4.74 Å². The molecule has 102 valence electrons. The van der Waals surface area contributed by atoms with E-state index in [0.29, 0.717) is 10.9 Å². The van der Waals surface area contributed by atoms with Gasteiger partial charge in [0.2, 0.25) is 5.67 Å². The van der Waals surface area contributed by atoms with Gasteiger partial charge in [-0.15, -0.1) is 0 Å². The van der Waals surface area contributed by atoms with E-state index < -0.39 is 18.7 Å². The molecule has 0 aromatic heterocycles. The number of halogens is 4. The molecule has 1 nitrogen and oxygen atoms in total. The van der Waals surface area contributed by atoms with Gasteiger partial charge in [0.1, 0.15) is 12.4 Å². The molecular weight excluding hydrogens is 265 g/mol. The van der Waals surface area contributed by atoms with Gasteiger partial charge in [-0.05, 0) is 30.5 Å². The van der Waals surface area contributed by atoms with Crippen molar-refractivity contribution in [3.05, 3.63) is 28.8 Å². The molecule has 0 aliphatic carbocycles. The third kappa shape index (κ3) is 3.80. The molecule has 0 fully saturated rings. The number of benzene rings is 1. The van der Waals surface area contributed by atoms with Crippen LogP contribution in [0, 0.1) is 0 Å². The molecule has 0 aliphatic heterocycles. The SMILES string of the molecule is CC(C)c1ccc(OCC(C)(F)C(F)F)c(Cl)c1. The molecule has 5 heteroatoms. The highest BCUT2D eigenvalue weighted by Crippen LogP contribution is 2.30. The molecule has 0 saturated heterocycles. The number of hydrogen-bond donors (Lipinski definition) is 0. The number of alkyl halides is 3. The van der Waals surface area contributed by atoms with Gasteiger partial charge in [0.25, 0.3) is 6.43 Å². The second kappa shape index (κ2) is 5.83. The second-order valence-electron chi connectivity index (χ2n) is 4.71. The molecule has 1 rings (SSSR count). The van der Waals surface area contributed by atoms with E-state index in [9.17, 15) is 13.2 Å². The molecule has 1 aromatic carbocycles. The van der Waals surface area contributed by atoms with Crippen LogP contribution in [-0.4, -0.2) is 18.7 Å². The van der Waals surface area contributed by atoms with Crippen LogP contribution < -0.4 is 4.74 Å². The van der Waals surface area contributed by atoms with Gasteiger partial charge in [-0.25, -0.2) is 13.2 Å². The summed E-state index contributed by atoms with van der Waals surface area (Å²) in [5, 5.41) is 0.297. The van der Waals surface area contributed by atoms with Crippen molar-refractivity contribution in [1.82, 2.24) is 0 Å². The third-order valence-corrected chi connectivity index (χ3v) is 2.88. The number of hydrogen-bond acceptors (Lipinski definition) is 1. The number of ether oxygens (including phenoxy) is 1. The third-order valence-electron chi connectivity index (χ3n) is 2.59. The highest BCUT2D eigenvalue weighted by Gasteiger charge is 2.36. The Bertz CT molecular complexity index is 405. The van der Waals surface area contributed by atoms with Crippen molar-refractivity contribution in [1.29, 1.82) is 0 Å². The average molecular weight is 281 g/mol. The molecule has 1 unspecified atom stereocenters. The van der Waals surface area contributed by atoms with Crippen LogP contribution >= 0.6 is 11.6 Å². The van der Waals surface area contributed by atoms with Gasteiger partial charge in [-0.1, -0.05) is 31.5 Å². The van der Waals surface area contributed by atoms with Crippen molar-refractivity contribution >= 4 is 11.6 Å². The predicted octanol–water partition coefficient (Wildman–Crippen LogP) is 4.84. The lowest BCUT2D eigenvalue weighted by Gasteiger charge is -2.20. The first-order valence-corrected chi connectivity index (χ1v) is 6.01. The van der Waals surface area contributed by atoms with Gasteiger partial charge in [-0.3, -0.25) is 0 Å². The van der Waals surface area contributed by atoms with Crippen LogP contribution in [0.2, 0.25) is 5.02 Å². The van der Waals surface area contributed by atoms with Gasteiger partial charge in [0, 0.05) is 0 Å². The van der Waals surface area contributed by atoms with Gasteiger partial charge in [0.05, 0.1) is 5.02 Å². The van der Waals surface area contributed by atoms with Crippen LogP contribution in [0.15, 0.2) is 18.2 Å². The van der Waals surface area contributed by atoms with Gasteiger partial charge in [0.15, 0.2) is 0 Å². The fourth-order valence-corrected chi connectivity index (χ4v) is 1.52. The zero-order chi connectivity index (χ0) is 13.9. The van der Waals surface area contributed by atoms with E-state index in [1.165, 1.54) is 0 Å². The van der Waals surface area contributed by atoms with Crippen LogP contribution in [0.3, 0.4) is 0 Å². The maximum atomic E-state index is 13.3. The highest BCUT2D eigenvalue weighted by molar-refractivity contribution is 6.32. The summed E-state index contributed by atoms with van der Waals surface area (Å²) in [6.45, 7) is 4.07. The van der Waals surface area contributed by atoms with E-state index >= 15 is 0 Å². The Labute approximate surface area is 110 Å². The van der Waals surface area contributed by atoms with Crippen LogP contribution in [0.5, 0.6) is 5.75 Å². The fraction of sp³-hybridized carbons (Fsp3) is 0.538. The lowest BCUT2D eigenvalue weighted by Crippen LogP contribution is -2.35. The quantitative estimate of drug-likeness (QED) is 0.750. The average Bonchev–Trinajstić information content (AvgIpc) is 2.26. The summed E-state index contributed by atoms with van der Waals surface area (Å²) >= 11 is 5.95. The zero-order valence-corrected chi connectivity index (χ0v) is 11.3. The van der Waals surface area contributed by atoms with E-state index in [1.54, 1.807) is 18.2 Å². The number of rotatable bonds is 5. The van der Waals surface area contributed by atoms with E-state index in [1.807, 2.05) is 13.8 Å². The molecule has 1 atom stereocenters. The first-order chi connectivity index (χ1) is 8.24. The Morgan fingerprint density at radius 1 is 1.33 bits per heavy atom.